The van der Waals surface area contributed by atoms with Crippen molar-refractivity contribution in [2.45, 2.75) is 31.3 Å². The quantitative estimate of drug-likeness (QED) is 0.650. The maximum Gasteiger partial charge on any atom is 0.194 e. The number of aliphatic imine (C=N–C) groups is 1. The Labute approximate surface area is 165 Å². The van der Waals surface area contributed by atoms with Gasteiger partial charge in [-0.3, -0.25) is 4.99 Å². The molecule has 0 radical (unpaired) electrons. The molecule has 0 saturated heterocycles. The summed E-state index contributed by atoms with van der Waals surface area (Å²) in [5.74, 6) is 2.46. The van der Waals surface area contributed by atoms with E-state index in [1.165, 1.54) is 17.2 Å². The average molecular weight is 383 g/mol. The number of guanidine groups is 1. The minimum absolute atomic E-state index is 0.125. The fraction of sp³-hybridized carbons (Fsp3) is 0.409. The Balaban J connectivity index is 1.45. The Hall–Kier alpha value is -2.76. The molecule has 5 nitrogen and oxygen atoms in total. The van der Waals surface area contributed by atoms with E-state index in [-0.39, 0.29) is 17.8 Å². The number of methoxy groups -OCH3 is 2. The van der Waals surface area contributed by atoms with Crippen molar-refractivity contribution in [2.24, 2.45) is 4.99 Å². The fourth-order valence-electron chi connectivity index (χ4n) is 4.00. The van der Waals surface area contributed by atoms with Gasteiger partial charge in [0.2, 0.25) is 0 Å². The van der Waals surface area contributed by atoms with Crippen LogP contribution in [0.2, 0.25) is 0 Å². The largest absolute Gasteiger partial charge is 0.493 e. The Morgan fingerprint density at radius 1 is 1.14 bits per heavy atom. The van der Waals surface area contributed by atoms with Crippen molar-refractivity contribution in [3.05, 3.63) is 58.9 Å². The summed E-state index contributed by atoms with van der Waals surface area (Å²) in [6.07, 6.45) is 1.84. The zero-order valence-corrected chi connectivity index (χ0v) is 16.5. The molecule has 28 heavy (non-hydrogen) atoms. The first-order valence-corrected chi connectivity index (χ1v) is 9.61. The molecule has 6 heteroatoms. The molecule has 1 aliphatic heterocycles. The van der Waals surface area contributed by atoms with E-state index in [4.69, 9.17) is 9.47 Å². The molecule has 0 bridgehead atoms. The Bertz CT molecular complexity index is 899. The second-order valence-electron chi connectivity index (χ2n) is 7.31. The topological polar surface area (TPSA) is 46.1 Å². The van der Waals surface area contributed by atoms with Crippen molar-refractivity contribution in [1.29, 1.82) is 0 Å². The third-order valence-electron chi connectivity index (χ3n) is 5.64. The van der Waals surface area contributed by atoms with Gasteiger partial charge in [0.05, 0.1) is 14.2 Å². The predicted octanol–water partition coefficient (Wildman–Crippen LogP) is 3.33. The van der Waals surface area contributed by atoms with Crippen LogP contribution in [0.1, 0.15) is 29.0 Å². The zero-order chi connectivity index (χ0) is 19.7. The number of rotatable bonds is 4. The smallest absolute Gasteiger partial charge is 0.194 e. The minimum atomic E-state index is -0.125. The lowest BCUT2D eigenvalue weighted by Crippen LogP contribution is -2.45. The summed E-state index contributed by atoms with van der Waals surface area (Å²) in [7, 11) is 5.11. The van der Waals surface area contributed by atoms with Crippen molar-refractivity contribution in [1.82, 2.24) is 10.2 Å². The molecule has 2 atom stereocenters. The van der Waals surface area contributed by atoms with E-state index in [0.717, 1.165) is 49.0 Å². The van der Waals surface area contributed by atoms with Crippen LogP contribution in [0.4, 0.5) is 4.39 Å². The number of halogens is 1. The van der Waals surface area contributed by atoms with Crippen LogP contribution >= 0.6 is 0 Å². The first-order chi connectivity index (χ1) is 13.6. The summed E-state index contributed by atoms with van der Waals surface area (Å²) in [6, 6.07) is 11.4. The lowest BCUT2D eigenvalue weighted by molar-refractivity contribution is 0.346. The second-order valence-corrected chi connectivity index (χ2v) is 7.31. The number of ether oxygens (including phenoxy) is 2. The molecule has 1 heterocycles. The lowest BCUT2D eigenvalue weighted by atomic mass is 9.99. The standard InChI is InChI=1S/C22H26FN3O2/c1-24-22(25-19-12-17(19)16-6-4-5-7-18(16)23)26-9-8-14-10-20(27-2)21(28-3)11-15(14)13-26/h4-7,10-11,17,19H,8-9,12-13H2,1-3H3,(H,24,25). The molecule has 2 aromatic carbocycles. The van der Waals surface area contributed by atoms with Gasteiger partial charge in [0.25, 0.3) is 0 Å². The molecule has 1 aliphatic carbocycles. The van der Waals surface area contributed by atoms with Crippen molar-refractivity contribution < 1.29 is 13.9 Å². The van der Waals surface area contributed by atoms with Crippen LogP contribution in [0.5, 0.6) is 11.5 Å². The van der Waals surface area contributed by atoms with Crippen molar-refractivity contribution in [3.63, 3.8) is 0 Å². The highest BCUT2D eigenvalue weighted by Gasteiger charge is 2.41. The lowest BCUT2D eigenvalue weighted by Gasteiger charge is -2.32. The van der Waals surface area contributed by atoms with Crippen LogP contribution in [0.3, 0.4) is 0 Å². The van der Waals surface area contributed by atoms with E-state index in [1.807, 2.05) is 18.2 Å². The summed E-state index contributed by atoms with van der Waals surface area (Å²) in [6.45, 7) is 1.63. The van der Waals surface area contributed by atoms with Crippen molar-refractivity contribution in [3.8, 4) is 11.5 Å². The number of fused-ring (bicyclic) bond motifs is 1. The van der Waals surface area contributed by atoms with Gasteiger partial charge in [-0.2, -0.15) is 0 Å². The zero-order valence-electron chi connectivity index (χ0n) is 16.5. The van der Waals surface area contributed by atoms with Crippen molar-refractivity contribution >= 4 is 5.96 Å². The van der Waals surface area contributed by atoms with Crippen LogP contribution in [0.25, 0.3) is 0 Å². The van der Waals surface area contributed by atoms with Gasteiger partial charge in [0.1, 0.15) is 5.82 Å². The highest BCUT2D eigenvalue weighted by Crippen LogP contribution is 2.42. The molecule has 1 fully saturated rings. The first-order valence-electron chi connectivity index (χ1n) is 9.61. The maximum absolute atomic E-state index is 14.0. The highest BCUT2D eigenvalue weighted by atomic mass is 19.1. The molecular formula is C22H26FN3O2. The van der Waals surface area contributed by atoms with Crippen LogP contribution in [-0.4, -0.2) is 44.7 Å². The van der Waals surface area contributed by atoms with Gasteiger partial charge >= 0.3 is 0 Å². The molecule has 1 N–H and O–H groups in total. The van der Waals surface area contributed by atoms with E-state index in [2.05, 4.69) is 21.3 Å². The van der Waals surface area contributed by atoms with E-state index in [9.17, 15) is 4.39 Å². The molecule has 148 valence electrons. The molecular weight excluding hydrogens is 357 g/mol. The number of hydrogen-bond donors (Lipinski definition) is 1. The van der Waals surface area contributed by atoms with E-state index < -0.39 is 0 Å². The Morgan fingerprint density at radius 2 is 1.86 bits per heavy atom. The van der Waals surface area contributed by atoms with E-state index in [0.29, 0.717) is 0 Å². The van der Waals surface area contributed by atoms with Gasteiger partial charge in [-0.25, -0.2) is 4.39 Å². The minimum Gasteiger partial charge on any atom is -0.493 e. The Morgan fingerprint density at radius 3 is 2.54 bits per heavy atom. The SMILES string of the molecule is CN=C(NC1CC1c1ccccc1F)N1CCc2cc(OC)c(OC)cc2C1. The molecule has 0 amide bonds. The van der Waals surface area contributed by atoms with Crippen LogP contribution in [0.15, 0.2) is 41.4 Å². The van der Waals surface area contributed by atoms with E-state index in [1.54, 1.807) is 27.3 Å². The highest BCUT2D eigenvalue weighted by molar-refractivity contribution is 5.81. The third kappa shape index (κ3) is 3.51. The number of hydrogen-bond acceptors (Lipinski definition) is 3. The number of benzene rings is 2. The summed E-state index contributed by atoms with van der Waals surface area (Å²) >= 11 is 0. The van der Waals surface area contributed by atoms with Gasteiger partial charge in [0, 0.05) is 32.1 Å². The van der Waals surface area contributed by atoms with Gasteiger partial charge in [-0.1, -0.05) is 18.2 Å². The maximum atomic E-state index is 14.0. The van der Waals surface area contributed by atoms with Gasteiger partial charge in [0.15, 0.2) is 17.5 Å². The molecule has 2 aromatic rings. The van der Waals surface area contributed by atoms with E-state index >= 15 is 0 Å². The third-order valence-corrected chi connectivity index (χ3v) is 5.64. The number of nitrogens with zero attached hydrogens (tertiary/aromatic N) is 2. The molecule has 4 rings (SSSR count). The summed E-state index contributed by atoms with van der Waals surface area (Å²) in [5, 5.41) is 3.52. The second kappa shape index (κ2) is 7.70. The van der Waals surface area contributed by atoms with Crippen LogP contribution < -0.4 is 14.8 Å². The van der Waals surface area contributed by atoms with Gasteiger partial charge in [-0.05, 0) is 47.7 Å². The normalized spacial score (nSPS) is 21.1. The molecule has 0 spiro atoms. The fourth-order valence-corrected chi connectivity index (χ4v) is 4.00. The molecule has 0 aromatic heterocycles. The number of nitrogens with one attached hydrogen (secondary N) is 1. The van der Waals surface area contributed by atoms with Crippen LogP contribution in [-0.2, 0) is 13.0 Å². The summed E-state index contributed by atoms with van der Waals surface area (Å²) < 4.78 is 24.9. The predicted molar refractivity (Wildman–Crippen MR) is 108 cm³/mol. The first kappa shape index (κ1) is 18.6. The average Bonchev–Trinajstić information content (AvgIpc) is 3.49. The van der Waals surface area contributed by atoms with Gasteiger partial charge in [-0.15, -0.1) is 0 Å². The summed E-state index contributed by atoms with van der Waals surface area (Å²) in [4.78, 5) is 6.71. The molecule has 2 aliphatic rings. The molecule has 1 saturated carbocycles. The van der Waals surface area contributed by atoms with Crippen LogP contribution in [0, 0.1) is 5.82 Å². The Kier molecular flexibility index (Phi) is 5.11. The van der Waals surface area contributed by atoms with Crippen molar-refractivity contribution in [2.75, 3.05) is 27.8 Å². The van der Waals surface area contributed by atoms with Gasteiger partial charge < -0.3 is 19.7 Å². The summed E-state index contributed by atoms with van der Waals surface area (Å²) in [5.41, 5.74) is 3.28. The molecule has 2 unspecified atom stereocenters. The monoisotopic (exact) mass is 383 g/mol.